The van der Waals surface area contributed by atoms with Crippen molar-refractivity contribution < 1.29 is 17.9 Å². The highest BCUT2D eigenvalue weighted by atomic mass is 32.2. The predicted molar refractivity (Wildman–Crippen MR) is 105 cm³/mol. The first-order chi connectivity index (χ1) is 12.6. The summed E-state index contributed by atoms with van der Waals surface area (Å²) in [6.07, 6.45) is 2.16. The van der Waals surface area contributed by atoms with E-state index in [1.54, 1.807) is 24.3 Å². The number of anilines is 1. The van der Waals surface area contributed by atoms with E-state index in [-0.39, 0.29) is 28.1 Å². The second kappa shape index (κ2) is 7.37. The number of hydrogen-bond donors (Lipinski definition) is 1. The molecule has 27 heavy (non-hydrogen) atoms. The number of benzene rings is 1. The predicted octanol–water partition coefficient (Wildman–Crippen LogP) is 2.88. The molecule has 2 fully saturated rings. The Morgan fingerprint density at radius 3 is 2.33 bits per heavy atom. The lowest BCUT2D eigenvalue weighted by Gasteiger charge is -2.26. The molecule has 0 bridgehead atoms. The fraction of sp³-hybridized carbons (Fsp3) is 0.550. The molecule has 7 heteroatoms. The molecule has 0 spiro atoms. The van der Waals surface area contributed by atoms with Crippen molar-refractivity contribution in [1.29, 1.82) is 0 Å². The molecule has 0 unspecified atom stereocenters. The molecule has 1 heterocycles. The van der Waals surface area contributed by atoms with Crippen LogP contribution in [0.3, 0.4) is 0 Å². The number of allylic oxidation sites excluding steroid dienone is 2. The van der Waals surface area contributed by atoms with Crippen LogP contribution in [0.1, 0.15) is 27.7 Å². The van der Waals surface area contributed by atoms with Gasteiger partial charge in [0.05, 0.1) is 24.0 Å². The third-order valence-corrected chi connectivity index (χ3v) is 7.35. The second-order valence-electron chi connectivity index (χ2n) is 8.10. The molecule has 3 rings (SSSR count). The Kier molecular flexibility index (Phi) is 5.47. The number of morpholine rings is 1. The van der Waals surface area contributed by atoms with Gasteiger partial charge in [-0.3, -0.25) is 4.79 Å². The van der Waals surface area contributed by atoms with E-state index >= 15 is 0 Å². The van der Waals surface area contributed by atoms with Crippen LogP contribution in [0, 0.1) is 17.3 Å². The summed E-state index contributed by atoms with van der Waals surface area (Å²) in [6, 6.07) is 6.39. The van der Waals surface area contributed by atoms with Gasteiger partial charge in [0, 0.05) is 18.8 Å². The number of amides is 1. The van der Waals surface area contributed by atoms with Gasteiger partial charge in [0.15, 0.2) is 0 Å². The van der Waals surface area contributed by atoms with Gasteiger partial charge in [-0.25, -0.2) is 8.42 Å². The molecule has 2 aliphatic rings. The smallest absolute Gasteiger partial charge is 0.243 e. The highest BCUT2D eigenvalue weighted by molar-refractivity contribution is 7.89. The van der Waals surface area contributed by atoms with Crippen LogP contribution >= 0.6 is 0 Å². The number of sulfonamides is 1. The van der Waals surface area contributed by atoms with E-state index in [4.69, 9.17) is 4.74 Å². The summed E-state index contributed by atoms with van der Waals surface area (Å²) < 4.78 is 31.9. The van der Waals surface area contributed by atoms with Crippen LogP contribution in [0.25, 0.3) is 0 Å². The van der Waals surface area contributed by atoms with E-state index < -0.39 is 10.0 Å². The summed E-state index contributed by atoms with van der Waals surface area (Å²) in [5.41, 5.74) is 1.77. The molecule has 0 aromatic heterocycles. The molecule has 1 amide bonds. The molecule has 0 radical (unpaired) electrons. The summed E-state index contributed by atoms with van der Waals surface area (Å²) >= 11 is 0. The van der Waals surface area contributed by atoms with Gasteiger partial charge in [0.1, 0.15) is 0 Å². The molecule has 1 aromatic carbocycles. The molecule has 1 saturated carbocycles. The van der Waals surface area contributed by atoms with Crippen molar-refractivity contribution in [3.8, 4) is 0 Å². The van der Waals surface area contributed by atoms with Crippen molar-refractivity contribution in [1.82, 2.24) is 4.31 Å². The fourth-order valence-corrected chi connectivity index (χ4v) is 5.12. The molecule has 2 atom stereocenters. The van der Waals surface area contributed by atoms with Gasteiger partial charge in [-0.05, 0) is 49.4 Å². The van der Waals surface area contributed by atoms with Crippen molar-refractivity contribution >= 4 is 21.6 Å². The zero-order valence-electron chi connectivity index (χ0n) is 16.4. The zero-order chi connectivity index (χ0) is 19.8. The van der Waals surface area contributed by atoms with Gasteiger partial charge >= 0.3 is 0 Å². The number of rotatable bonds is 5. The molecular formula is C20H28N2O4S. The third-order valence-electron chi connectivity index (χ3n) is 5.44. The van der Waals surface area contributed by atoms with Gasteiger partial charge < -0.3 is 10.1 Å². The van der Waals surface area contributed by atoms with Gasteiger partial charge in [-0.2, -0.15) is 4.31 Å². The Hall–Kier alpha value is -1.70. The van der Waals surface area contributed by atoms with Crippen LogP contribution in [0.2, 0.25) is 0 Å². The molecule has 1 aromatic rings. The Balaban J connectivity index is 1.68. The molecule has 148 valence electrons. The van der Waals surface area contributed by atoms with Crippen LogP contribution in [0.4, 0.5) is 5.69 Å². The van der Waals surface area contributed by atoms with Crippen molar-refractivity contribution in [3.05, 3.63) is 35.9 Å². The monoisotopic (exact) mass is 392 g/mol. The lowest BCUT2D eigenvalue weighted by atomic mass is 10.1. The number of ether oxygens (including phenoxy) is 1. The largest absolute Gasteiger partial charge is 0.379 e. The van der Waals surface area contributed by atoms with E-state index in [1.807, 2.05) is 13.8 Å². The van der Waals surface area contributed by atoms with Crippen molar-refractivity contribution in [2.24, 2.45) is 17.3 Å². The van der Waals surface area contributed by atoms with Crippen LogP contribution in [-0.4, -0.2) is 44.9 Å². The van der Waals surface area contributed by atoms with Gasteiger partial charge in [-0.1, -0.05) is 25.5 Å². The van der Waals surface area contributed by atoms with Gasteiger partial charge in [-0.15, -0.1) is 0 Å². The highest BCUT2D eigenvalue weighted by Crippen LogP contribution is 2.59. The van der Waals surface area contributed by atoms with E-state index in [1.165, 1.54) is 9.88 Å². The van der Waals surface area contributed by atoms with Crippen LogP contribution in [0.15, 0.2) is 40.8 Å². The SMILES string of the molecule is CC(C)=C[C@@H]1[C@@H](C(=O)Nc2ccc(S(=O)(=O)N3CCOCC3)cc2)C1(C)C. The molecule has 1 aliphatic carbocycles. The van der Waals surface area contributed by atoms with Crippen LogP contribution in [0.5, 0.6) is 0 Å². The maximum Gasteiger partial charge on any atom is 0.243 e. The van der Waals surface area contributed by atoms with E-state index in [9.17, 15) is 13.2 Å². The number of carbonyl (C=O) groups is 1. The van der Waals surface area contributed by atoms with E-state index in [2.05, 4.69) is 25.2 Å². The average Bonchev–Trinajstić information content (AvgIpc) is 3.15. The first-order valence-corrected chi connectivity index (χ1v) is 10.7. The zero-order valence-corrected chi connectivity index (χ0v) is 17.2. The maximum atomic E-state index is 12.6. The topological polar surface area (TPSA) is 75.7 Å². The molecule has 1 saturated heterocycles. The molecule has 6 nitrogen and oxygen atoms in total. The first kappa shape index (κ1) is 20.0. The van der Waals surface area contributed by atoms with Crippen molar-refractivity contribution in [3.63, 3.8) is 0 Å². The maximum absolute atomic E-state index is 12.6. The quantitative estimate of drug-likeness (QED) is 0.782. The van der Waals surface area contributed by atoms with Crippen LogP contribution < -0.4 is 5.32 Å². The Bertz CT molecular complexity index is 833. The summed E-state index contributed by atoms with van der Waals surface area (Å²) in [5, 5.41) is 2.92. The normalized spacial score (nSPS) is 24.9. The second-order valence-corrected chi connectivity index (χ2v) is 10.0. The lowest BCUT2D eigenvalue weighted by molar-refractivity contribution is -0.118. The Labute approximate surface area is 161 Å². The summed E-state index contributed by atoms with van der Waals surface area (Å²) in [6.45, 7) is 9.83. The standard InChI is InChI=1S/C20H28N2O4S/c1-14(2)13-17-18(20(17,3)4)19(23)21-15-5-7-16(8-6-15)27(24,25)22-9-11-26-12-10-22/h5-8,13,17-18H,9-12H2,1-4H3,(H,21,23)/t17-,18+/m1/s1. The minimum Gasteiger partial charge on any atom is -0.379 e. The summed E-state index contributed by atoms with van der Waals surface area (Å²) in [5.74, 6) is 0.152. The Morgan fingerprint density at radius 2 is 1.78 bits per heavy atom. The number of nitrogens with one attached hydrogen (secondary N) is 1. The molecule has 1 N–H and O–H groups in total. The molecular weight excluding hydrogens is 364 g/mol. The minimum absolute atomic E-state index is 0.0220. The molecule has 1 aliphatic heterocycles. The average molecular weight is 393 g/mol. The van der Waals surface area contributed by atoms with Crippen molar-refractivity contribution in [2.75, 3.05) is 31.6 Å². The van der Waals surface area contributed by atoms with Gasteiger partial charge in [0.25, 0.3) is 0 Å². The third kappa shape index (κ3) is 4.10. The first-order valence-electron chi connectivity index (χ1n) is 9.28. The fourth-order valence-electron chi connectivity index (χ4n) is 3.71. The minimum atomic E-state index is -3.52. The van der Waals surface area contributed by atoms with Gasteiger partial charge in [0.2, 0.25) is 15.9 Å². The lowest BCUT2D eigenvalue weighted by Crippen LogP contribution is -2.40. The van der Waals surface area contributed by atoms with Crippen molar-refractivity contribution in [2.45, 2.75) is 32.6 Å². The number of nitrogens with zero attached hydrogens (tertiary/aromatic N) is 1. The summed E-state index contributed by atoms with van der Waals surface area (Å²) in [4.78, 5) is 12.9. The van der Waals surface area contributed by atoms with E-state index in [0.717, 1.165) is 0 Å². The van der Waals surface area contributed by atoms with Crippen LogP contribution in [-0.2, 0) is 19.6 Å². The summed E-state index contributed by atoms with van der Waals surface area (Å²) in [7, 11) is -3.52. The highest BCUT2D eigenvalue weighted by Gasteiger charge is 2.60. The Morgan fingerprint density at radius 1 is 1.19 bits per heavy atom. The van der Waals surface area contributed by atoms with E-state index in [0.29, 0.717) is 32.0 Å². The number of carbonyl (C=O) groups excluding carboxylic acids is 1. The number of hydrogen-bond acceptors (Lipinski definition) is 4.